The van der Waals surface area contributed by atoms with Crippen LogP contribution >= 0.6 is 0 Å². The molecule has 23 heavy (non-hydrogen) atoms. The van der Waals surface area contributed by atoms with Gasteiger partial charge in [0.1, 0.15) is 20.8 Å². The molecule has 6 nitrogen and oxygen atoms in total. The van der Waals surface area contributed by atoms with Crippen molar-refractivity contribution in [3.8, 4) is 5.75 Å². The van der Waals surface area contributed by atoms with Crippen LogP contribution in [0, 0.1) is 0 Å². The molecule has 0 aromatic heterocycles. The Morgan fingerprint density at radius 1 is 0.913 bits per heavy atom. The van der Waals surface area contributed by atoms with Gasteiger partial charge in [0.2, 0.25) is 0 Å². The molecule has 9 heteroatoms. The summed E-state index contributed by atoms with van der Waals surface area (Å²) in [6, 6.07) is 12.9. The normalized spacial score (nSPS) is 13.0. The molecule has 2 aromatic rings. The van der Waals surface area contributed by atoms with Gasteiger partial charge in [-0.05, 0) is 36.8 Å². The molecule has 0 unspecified atom stereocenters. The van der Waals surface area contributed by atoms with Gasteiger partial charge >= 0.3 is 39.7 Å². The van der Waals surface area contributed by atoms with Crippen molar-refractivity contribution in [2.24, 2.45) is 0 Å². The van der Waals surface area contributed by atoms with Crippen LogP contribution in [-0.4, -0.2) is 21.4 Å². The Morgan fingerprint density at radius 3 is 1.91 bits per heavy atom. The quantitative estimate of drug-likeness (QED) is 0.386. The van der Waals surface area contributed by atoms with E-state index in [0.29, 0.717) is 0 Å². The fourth-order valence-electron chi connectivity index (χ4n) is 1.72. The zero-order chi connectivity index (χ0) is 16.4. The van der Waals surface area contributed by atoms with Gasteiger partial charge in [-0.1, -0.05) is 30.3 Å². The molecule has 0 bridgehead atoms. The van der Waals surface area contributed by atoms with Crippen molar-refractivity contribution in [3.63, 3.8) is 0 Å². The molecular weight excluding hydrogens is 351 g/mol. The third kappa shape index (κ3) is 5.30. The first-order chi connectivity index (χ1) is 10.2. The molecule has 0 heterocycles. The van der Waals surface area contributed by atoms with E-state index in [1.807, 2.05) is 0 Å². The molecule has 0 amide bonds. The molecule has 2 aromatic carbocycles. The second-order valence-corrected chi connectivity index (χ2v) is 7.79. The zero-order valence-corrected chi connectivity index (χ0v) is 16.2. The van der Waals surface area contributed by atoms with E-state index >= 15 is 0 Å². The Bertz CT molecular complexity index is 846. The molecule has 0 fully saturated rings. The second-order valence-electron chi connectivity index (χ2n) is 4.55. The zero-order valence-electron chi connectivity index (χ0n) is 12.5. The summed E-state index contributed by atoms with van der Waals surface area (Å²) in [5.74, 6) is 0.0306. The summed E-state index contributed by atoms with van der Waals surface area (Å²) >= 11 is 0. The van der Waals surface area contributed by atoms with Crippen LogP contribution in [0.5, 0.6) is 5.75 Å². The molecule has 0 saturated carbocycles. The van der Waals surface area contributed by atoms with Gasteiger partial charge in [0.15, 0.2) is 0 Å². The number of benzene rings is 2. The second kappa shape index (κ2) is 7.78. The van der Waals surface area contributed by atoms with E-state index in [1.54, 1.807) is 18.2 Å². The van der Waals surface area contributed by atoms with Gasteiger partial charge < -0.3 is 8.74 Å². The van der Waals surface area contributed by atoms with Crippen molar-refractivity contribution in [1.82, 2.24) is 0 Å². The first-order valence-corrected chi connectivity index (χ1v) is 9.12. The minimum Gasteiger partial charge on any atom is -0.747 e. The van der Waals surface area contributed by atoms with Gasteiger partial charge in [-0.3, -0.25) is 0 Å². The molecule has 0 N–H and O–H groups in total. The van der Waals surface area contributed by atoms with Crippen LogP contribution in [0.2, 0.25) is 0 Å². The largest absolute Gasteiger partial charge is 1.00 e. The van der Waals surface area contributed by atoms with E-state index in [0.717, 1.165) is 0 Å². The summed E-state index contributed by atoms with van der Waals surface area (Å²) in [6.45, 7) is 1.26. The first-order valence-electron chi connectivity index (χ1n) is 6.24. The van der Waals surface area contributed by atoms with Crippen molar-refractivity contribution in [1.29, 1.82) is 0 Å². The van der Waals surface area contributed by atoms with Crippen molar-refractivity contribution >= 4 is 20.2 Å². The predicted molar refractivity (Wildman–Crippen MR) is 78.8 cm³/mol. The molecule has 0 radical (unpaired) electrons. The van der Waals surface area contributed by atoms with Crippen molar-refractivity contribution < 1.29 is 55.1 Å². The third-order valence-corrected chi connectivity index (χ3v) is 5.42. The molecule has 1 atom stereocenters. The Hall–Kier alpha value is -0.900. The summed E-state index contributed by atoms with van der Waals surface area (Å²) in [5.41, 5.74) is 0.263. The van der Waals surface area contributed by atoms with Gasteiger partial charge in [0.25, 0.3) is 0 Å². The molecule has 0 aliphatic rings. The summed E-state index contributed by atoms with van der Waals surface area (Å²) in [6.07, 6.45) is 0. The van der Waals surface area contributed by atoms with Crippen LogP contribution in [0.3, 0.4) is 0 Å². The van der Waals surface area contributed by atoms with E-state index < -0.39 is 25.5 Å². The number of hydrogen-bond acceptors (Lipinski definition) is 6. The fourth-order valence-corrected chi connectivity index (χ4v) is 3.16. The Labute approximate surface area is 157 Å². The first kappa shape index (κ1) is 20.1. The van der Waals surface area contributed by atoms with E-state index in [-0.39, 0.29) is 45.8 Å². The van der Waals surface area contributed by atoms with E-state index in [9.17, 15) is 21.4 Å². The fraction of sp³-hybridized carbons (Fsp3) is 0.143. The maximum absolute atomic E-state index is 12.0. The molecule has 0 saturated heterocycles. The van der Waals surface area contributed by atoms with Gasteiger partial charge in [-0.15, -0.1) is 0 Å². The van der Waals surface area contributed by atoms with E-state index in [1.165, 1.54) is 43.3 Å². The maximum atomic E-state index is 12.0. The average Bonchev–Trinajstić information content (AvgIpc) is 2.47. The van der Waals surface area contributed by atoms with E-state index in [2.05, 4.69) is 0 Å². The smallest absolute Gasteiger partial charge is 0.747 e. The SMILES string of the molecule is C[C@H](c1ccc(OS(=O)(=O)c2ccccc2)cc1)S(=O)(=O)[O-].[Na+]. The van der Waals surface area contributed by atoms with Crippen molar-refractivity contribution in [2.45, 2.75) is 17.1 Å². The van der Waals surface area contributed by atoms with Crippen LogP contribution in [0.25, 0.3) is 0 Å². The van der Waals surface area contributed by atoms with Gasteiger partial charge in [-0.25, -0.2) is 8.42 Å². The van der Waals surface area contributed by atoms with Crippen LogP contribution < -0.4 is 33.7 Å². The minimum atomic E-state index is -4.46. The van der Waals surface area contributed by atoms with Crippen LogP contribution in [0.4, 0.5) is 0 Å². The molecule has 0 spiro atoms. The summed E-state index contributed by atoms with van der Waals surface area (Å²) in [4.78, 5) is 0.00887. The average molecular weight is 364 g/mol. The summed E-state index contributed by atoms with van der Waals surface area (Å²) < 4.78 is 61.8. The maximum Gasteiger partial charge on any atom is 1.00 e. The summed E-state index contributed by atoms with van der Waals surface area (Å²) in [7, 11) is -8.41. The predicted octanol–water partition coefficient (Wildman–Crippen LogP) is -0.935. The monoisotopic (exact) mass is 364 g/mol. The molecule has 0 aliphatic carbocycles. The van der Waals surface area contributed by atoms with Gasteiger partial charge in [0, 0.05) is 0 Å². The Kier molecular flexibility index (Phi) is 6.81. The number of rotatable bonds is 5. The molecular formula is C14H13NaO6S2. The van der Waals surface area contributed by atoms with E-state index in [4.69, 9.17) is 4.18 Å². The standard InChI is InChI=1S/C14H14O6S2.Na/c1-11(21(15,16)17)12-7-9-13(10-8-12)20-22(18,19)14-5-3-2-4-6-14;/h2-11H,1H3,(H,15,16,17);/q;+1/p-1/t11-;/m1./s1. The van der Waals surface area contributed by atoms with Crippen LogP contribution in [-0.2, 0) is 20.2 Å². The Balaban J connectivity index is 0.00000264. The molecule has 2 rings (SSSR count). The minimum absolute atomic E-state index is 0. The van der Waals surface area contributed by atoms with Crippen LogP contribution in [0.15, 0.2) is 59.5 Å². The van der Waals surface area contributed by atoms with Crippen LogP contribution in [0.1, 0.15) is 17.7 Å². The molecule has 118 valence electrons. The van der Waals surface area contributed by atoms with Gasteiger partial charge in [-0.2, -0.15) is 8.42 Å². The van der Waals surface area contributed by atoms with Gasteiger partial charge in [0.05, 0.1) is 5.25 Å². The summed E-state index contributed by atoms with van der Waals surface area (Å²) in [5, 5.41) is -1.22. The van der Waals surface area contributed by atoms with Crippen molar-refractivity contribution in [3.05, 3.63) is 60.2 Å². The molecule has 0 aliphatic heterocycles. The topological polar surface area (TPSA) is 101 Å². The number of hydrogen-bond donors (Lipinski definition) is 0. The third-order valence-electron chi connectivity index (χ3n) is 3.02. The van der Waals surface area contributed by atoms with Crippen molar-refractivity contribution in [2.75, 3.05) is 0 Å². The Morgan fingerprint density at radius 2 is 1.43 bits per heavy atom.